The first-order valence-corrected chi connectivity index (χ1v) is 13.3. The van der Waals surface area contributed by atoms with E-state index in [0.29, 0.717) is 31.5 Å². The Hall–Kier alpha value is -4.46. The van der Waals surface area contributed by atoms with Crippen molar-refractivity contribution < 1.29 is 19.2 Å². The third-order valence-corrected chi connectivity index (χ3v) is 7.37. The summed E-state index contributed by atoms with van der Waals surface area (Å²) in [5.74, 6) is -1.56. The Morgan fingerprint density at radius 1 is 0.897 bits per heavy atom. The highest BCUT2D eigenvalue weighted by Crippen LogP contribution is 2.35. The lowest BCUT2D eigenvalue weighted by Crippen LogP contribution is -2.55. The van der Waals surface area contributed by atoms with Gasteiger partial charge in [0.2, 0.25) is 17.7 Å². The Kier molecular flexibility index (Phi) is 8.01. The number of anilines is 1. The molecular weight excluding hydrogens is 492 g/mol. The van der Waals surface area contributed by atoms with E-state index in [0.717, 1.165) is 16.7 Å². The fourth-order valence-electron chi connectivity index (χ4n) is 5.35. The number of para-hydroxylation sites is 1. The van der Waals surface area contributed by atoms with Crippen LogP contribution < -0.4 is 20.9 Å². The molecule has 8 nitrogen and oxygen atoms in total. The Morgan fingerprint density at radius 2 is 1.59 bits per heavy atom. The third-order valence-electron chi connectivity index (χ3n) is 7.37. The van der Waals surface area contributed by atoms with E-state index < -0.39 is 18.0 Å². The van der Waals surface area contributed by atoms with E-state index in [2.05, 4.69) is 16.0 Å². The smallest absolute Gasteiger partial charge is 0.250 e. The average molecular weight is 525 g/mol. The van der Waals surface area contributed by atoms with Crippen molar-refractivity contribution in [3.63, 3.8) is 0 Å². The van der Waals surface area contributed by atoms with Gasteiger partial charge in [0.05, 0.1) is 0 Å². The highest BCUT2D eigenvalue weighted by Gasteiger charge is 2.41. The van der Waals surface area contributed by atoms with Crippen LogP contribution in [0.3, 0.4) is 0 Å². The minimum Gasteiger partial charge on any atom is -0.354 e. The fraction of sp³-hybridized carbons (Fsp3) is 0.290. The van der Waals surface area contributed by atoms with Crippen molar-refractivity contribution in [3.8, 4) is 0 Å². The first-order valence-electron chi connectivity index (χ1n) is 13.3. The van der Waals surface area contributed by atoms with E-state index in [-0.39, 0.29) is 36.6 Å². The molecule has 0 radical (unpaired) electrons. The molecule has 0 aromatic heterocycles. The van der Waals surface area contributed by atoms with Crippen molar-refractivity contribution in [1.82, 2.24) is 16.0 Å². The minimum absolute atomic E-state index is 0.168. The van der Waals surface area contributed by atoms with Gasteiger partial charge in [-0.15, -0.1) is 0 Å². The molecule has 0 bridgehead atoms. The van der Waals surface area contributed by atoms with E-state index in [1.807, 2.05) is 84.9 Å². The molecule has 1 fully saturated rings. The zero-order valence-corrected chi connectivity index (χ0v) is 21.6. The summed E-state index contributed by atoms with van der Waals surface area (Å²) in [7, 11) is 0. The number of amides is 4. The van der Waals surface area contributed by atoms with Gasteiger partial charge in [-0.3, -0.25) is 19.2 Å². The van der Waals surface area contributed by atoms with E-state index in [1.54, 1.807) is 0 Å². The molecule has 0 unspecified atom stereocenters. The molecule has 0 aliphatic carbocycles. The normalized spacial score (nSPS) is 20.5. The van der Waals surface area contributed by atoms with Crippen LogP contribution in [0.2, 0.25) is 0 Å². The molecule has 8 heteroatoms. The van der Waals surface area contributed by atoms with Crippen molar-refractivity contribution in [1.29, 1.82) is 0 Å². The maximum Gasteiger partial charge on any atom is 0.250 e. The fourth-order valence-corrected chi connectivity index (χ4v) is 5.35. The zero-order valence-electron chi connectivity index (χ0n) is 21.6. The first-order chi connectivity index (χ1) is 19.0. The van der Waals surface area contributed by atoms with E-state index >= 15 is 0 Å². The van der Waals surface area contributed by atoms with E-state index in [9.17, 15) is 19.2 Å². The van der Waals surface area contributed by atoms with Crippen LogP contribution in [0.25, 0.3) is 0 Å². The van der Waals surface area contributed by atoms with E-state index in [1.165, 1.54) is 4.90 Å². The monoisotopic (exact) mass is 524 g/mol. The molecule has 3 N–H and O–H groups in total. The predicted octanol–water partition coefficient (Wildman–Crippen LogP) is 2.48. The number of fused-ring (bicyclic) bond motifs is 1. The molecular formula is C31H32N4O4. The average Bonchev–Trinajstić information content (AvgIpc) is 3.36. The number of carbonyl (C=O) groups excluding carboxylic acids is 4. The topological polar surface area (TPSA) is 108 Å². The zero-order chi connectivity index (χ0) is 27.2. The lowest BCUT2D eigenvalue weighted by Gasteiger charge is -2.30. The van der Waals surface area contributed by atoms with Crippen LogP contribution in [0.4, 0.5) is 5.69 Å². The predicted molar refractivity (Wildman–Crippen MR) is 148 cm³/mol. The van der Waals surface area contributed by atoms with Gasteiger partial charge in [-0.05, 0) is 42.0 Å². The second-order valence-electron chi connectivity index (χ2n) is 10.0. The van der Waals surface area contributed by atoms with Gasteiger partial charge >= 0.3 is 0 Å². The van der Waals surface area contributed by atoms with Gasteiger partial charge in [0, 0.05) is 24.6 Å². The van der Waals surface area contributed by atoms with Crippen LogP contribution in [-0.2, 0) is 32.0 Å². The van der Waals surface area contributed by atoms with Crippen LogP contribution in [-0.4, -0.2) is 48.8 Å². The molecule has 3 aromatic rings. The van der Waals surface area contributed by atoms with Crippen molar-refractivity contribution in [2.45, 2.75) is 43.7 Å². The van der Waals surface area contributed by atoms with Crippen molar-refractivity contribution in [2.75, 3.05) is 18.0 Å². The lowest BCUT2D eigenvalue weighted by molar-refractivity contribution is -0.130. The second kappa shape index (κ2) is 11.9. The van der Waals surface area contributed by atoms with Gasteiger partial charge in [0.25, 0.3) is 5.91 Å². The highest BCUT2D eigenvalue weighted by atomic mass is 16.2. The summed E-state index contributed by atoms with van der Waals surface area (Å²) in [6.45, 7) is 0.277. The van der Waals surface area contributed by atoms with Crippen LogP contribution in [0.5, 0.6) is 0 Å². The number of carbonyl (C=O) groups is 4. The SMILES string of the molecule is O=C(CN1C(=O)[C@H](NC(=O)[C@@H]2CCC(=O)N2)[C@H](c2ccccc2)Cc2ccccc21)NCCc1ccccc1. The Bertz CT molecular complexity index is 1340. The maximum atomic E-state index is 14.2. The molecule has 1 saturated heterocycles. The van der Waals surface area contributed by atoms with Crippen LogP contribution in [0.15, 0.2) is 84.9 Å². The Morgan fingerprint density at radius 3 is 2.31 bits per heavy atom. The number of hydrogen-bond acceptors (Lipinski definition) is 4. The molecule has 4 amide bonds. The molecule has 200 valence electrons. The molecule has 3 atom stereocenters. The number of rotatable bonds is 8. The van der Waals surface area contributed by atoms with Crippen molar-refractivity contribution >= 4 is 29.3 Å². The molecule has 39 heavy (non-hydrogen) atoms. The maximum absolute atomic E-state index is 14.2. The first kappa shape index (κ1) is 26.2. The molecule has 2 aliphatic rings. The van der Waals surface area contributed by atoms with Crippen molar-refractivity contribution in [3.05, 3.63) is 102 Å². The Balaban J connectivity index is 1.40. The highest BCUT2D eigenvalue weighted by molar-refractivity contribution is 6.05. The van der Waals surface area contributed by atoms with Gasteiger partial charge in [-0.25, -0.2) is 0 Å². The molecule has 2 aliphatic heterocycles. The quantitative estimate of drug-likeness (QED) is 0.421. The largest absolute Gasteiger partial charge is 0.354 e. The van der Waals surface area contributed by atoms with Crippen LogP contribution >= 0.6 is 0 Å². The second-order valence-corrected chi connectivity index (χ2v) is 10.0. The summed E-state index contributed by atoms with van der Waals surface area (Å²) in [6, 6.07) is 25.4. The van der Waals surface area contributed by atoms with Crippen molar-refractivity contribution in [2.24, 2.45) is 0 Å². The van der Waals surface area contributed by atoms with Gasteiger partial charge in [-0.2, -0.15) is 0 Å². The molecule has 0 saturated carbocycles. The molecule has 5 rings (SSSR count). The van der Waals surface area contributed by atoms with E-state index in [4.69, 9.17) is 0 Å². The Labute approximate surface area is 227 Å². The summed E-state index contributed by atoms with van der Waals surface area (Å²) < 4.78 is 0. The third kappa shape index (κ3) is 6.17. The van der Waals surface area contributed by atoms with Crippen LogP contribution in [0, 0.1) is 0 Å². The number of benzene rings is 3. The van der Waals surface area contributed by atoms with Gasteiger partial charge in [-0.1, -0.05) is 78.9 Å². The summed E-state index contributed by atoms with van der Waals surface area (Å²) >= 11 is 0. The summed E-state index contributed by atoms with van der Waals surface area (Å²) in [5.41, 5.74) is 3.60. The standard InChI is InChI=1S/C31H32N4O4/c36-27-16-15-25(33-27)30(38)34-29-24(22-11-5-2-6-12-22)19-23-13-7-8-14-26(23)35(31(29)39)20-28(37)32-18-17-21-9-3-1-4-10-21/h1-14,24-25,29H,15-20H2,(H,32,37)(H,33,36)(H,34,38)/t24-,25-,29+/m0/s1. The van der Waals surface area contributed by atoms with Gasteiger partial charge in [0.15, 0.2) is 0 Å². The number of nitrogens with one attached hydrogen (secondary N) is 3. The lowest BCUT2D eigenvalue weighted by atomic mass is 9.86. The molecule has 0 spiro atoms. The van der Waals surface area contributed by atoms with Crippen LogP contribution in [0.1, 0.15) is 35.4 Å². The van der Waals surface area contributed by atoms with Gasteiger partial charge in [0.1, 0.15) is 18.6 Å². The summed E-state index contributed by atoms with van der Waals surface area (Å²) in [5, 5.41) is 8.56. The summed E-state index contributed by atoms with van der Waals surface area (Å²) in [6.07, 6.45) is 1.84. The minimum atomic E-state index is -0.915. The van der Waals surface area contributed by atoms with Gasteiger partial charge < -0.3 is 20.9 Å². The number of hydrogen-bond donors (Lipinski definition) is 3. The number of nitrogens with zero attached hydrogens (tertiary/aromatic N) is 1. The summed E-state index contributed by atoms with van der Waals surface area (Å²) in [4.78, 5) is 53.7. The molecule has 2 heterocycles. The molecule has 3 aromatic carbocycles.